The second-order valence-electron chi connectivity index (χ2n) is 4.23. The van der Waals surface area contributed by atoms with Gasteiger partial charge in [0.1, 0.15) is 12.4 Å². The molecule has 0 atom stereocenters. The molecule has 0 saturated carbocycles. The Kier molecular flexibility index (Phi) is 6.97. The van der Waals surface area contributed by atoms with Gasteiger partial charge in [0.25, 0.3) is 0 Å². The minimum absolute atomic E-state index is 0.0355. The quantitative estimate of drug-likeness (QED) is 0.566. The summed E-state index contributed by atoms with van der Waals surface area (Å²) in [5, 5.41) is 11.3. The highest BCUT2D eigenvalue weighted by atomic mass is 16.5. The number of ether oxygens (including phenoxy) is 2. The van der Waals surface area contributed by atoms with E-state index >= 15 is 0 Å². The van der Waals surface area contributed by atoms with Crippen LogP contribution in [0.3, 0.4) is 0 Å². The molecule has 0 heterocycles. The molecule has 0 aliphatic rings. The highest BCUT2D eigenvalue weighted by molar-refractivity contribution is 5.94. The number of anilines is 1. The molecule has 1 aromatic rings. The molecule has 0 spiro atoms. The number of nitrogens with one attached hydrogen (secondary N) is 1. The summed E-state index contributed by atoms with van der Waals surface area (Å²) in [5.41, 5.74) is 1.11. The number of carboxylic acids is 1. The Balaban J connectivity index is 2.80. The van der Waals surface area contributed by atoms with E-state index in [0.717, 1.165) is 12.5 Å². The Morgan fingerprint density at radius 3 is 2.76 bits per heavy atom. The fourth-order valence-corrected chi connectivity index (χ4v) is 1.59. The van der Waals surface area contributed by atoms with Gasteiger partial charge in [-0.05, 0) is 30.2 Å². The minimum Gasteiger partial charge on any atom is -0.495 e. The fraction of sp³-hybridized carbons (Fsp3) is 0.333. The largest absolute Gasteiger partial charge is 0.495 e. The van der Waals surface area contributed by atoms with Gasteiger partial charge in [-0.15, -0.1) is 0 Å². The number of carbonyl (C=O) groups is 2. The number of aliphatic carboxylic acids is 1. The van der Waals surface area contributed by atoms with Gasteiger partial charge in [-0.3, -0.25) is 4.79 Å². The predicted octanol–water partition coefficient (Wildman–Crippen LogP) is 2.16. The molecule has 114 valence electrons. The van der Waals surface area contributed by atoms with Gasteiger partial charge in [0.05, 0.1) is 12.8 Å². The predicted molar refractivity (Wildman–Crippen MR) is 79.4 cm³/mol. The van der Waals surface area contributed by atoms with Crippen LogP contribution in [0.25, 0.3) is 6.08 Å². The van der Waals surface area contributed by atoms with Crippen molar-refractivity contribution in [3.05, 3.63) is 29.8 Å². The molecule has 0 aliphatic heterocycles. The molecule has 6 nitrogen and oxygen atoms in total. The lowest BCUT2D eigenvalue weighted by Gasteiger charge is -2.11. The molecule has 0 aromatic heterocycles. The smallest absolute Gasteiger partial charge is 0.328 e. The second-order valence-corrected chi connectivity index (χ2v) is 4.23. The van der Waals surface area contributed by atoms with Gasteiger partial charge in [0, 0.05) is 12.7 Å². The topological polar surface area (TPSA) is 84.9 Å². The number of carbonyl (C=O) groups excluding carboxylic acids is 1. The molecule has 0 unspecified atom stereocenters. The first kappa shape index (κ1) is 16.7. The van der Waals surface area contributed by atoms with E-state index in [2.05, 4.69) is 5.32 Å². The monoisotopic (exact) mass is 293 g/mol. The first-order chi connectivity index (χ1) is 10.1. The molecule has 0 bridgehead atoms. The van der Waals surface area contributed by atoms with Gasteiger partial charge in [0.15, 0.2) is 0 Å². The van der Waals surface area contributed by atoms with Gasteiger partial charge in [-0.1, -0.05) is 13.0 Å². The lowest BCUT2D eigenvalue weighted by Crippen LogP contribution is -2.19. The van der Waals surface area contributed by atoms with Crippen LogP contribution < -0.4 is 10.1 Å². The summed E-state index contributed by atoms with van der Waals surface area (Å²) in [7, 11) is 1.49. The van der Waals surface area contributed by atoms with Crippen molar-refractivity contribution in [3.63, 3.8) is 0 Å². The van der Waals surface area contributed by atoms with Crippen LogP contribution in [0.4, 0.5) is 5.69 Å². The summed E-state index contributed by atoms with van der Waals surface area (Å²) >= 11 is 0. The summed E-state index contributed by atoms with van der Waals surface area (Å²) < 4.78 is 10.3. The average molecular weight is 293 g/mol. The molecule has 1 aromatic carbocycles. The molecule has 0 radical (unpaired) electrons. The van der Waals surface area contributed by atoms with Gasteiger partial charge in [-0.25, -0.2) is 4.79 Å². The third-order valence-corrected chi connectivity index (χ3v) is 2.50. The van der Waals surface area contributed by atoms with E-state index < -0.39 is 5.97 Å². The maximum absolute atomic E-state index is 11.7. The van der Waals surface area contributed by atoms with Crippen LogP contribution in [0.2, 0.25) is 0 Å². The van der Waals surface area contributed by atoms with Crippen LogP contribution in [0.5, 0.6) is 5.75 Å². The molecule has 0 aliphatic carbocycles. The lowest BCUT2D eigenvalue weighted by atomic mass is 10.1. The van der Waals surface area contributed by atoms with Crippen LogP contribution >= 0.6 is 0 Å². The summed E-state index contributed by atoms with van der Waals surface area (Å²) in [4.78, 5) is 22.2. The number of hydrogen-bond acceptors (Lipinski definition) is 4. The Morgan fingerprint density at radius 1 is 1.38 bits per heavy atom. The zero-order chi connectivity index (χ0) is 15.7. The molecular formula is C15H19NO5. The van der Waals surface area contributed by atoms with E-state index in [1.54, 1.807) is 18.2 Å². The van der Waals surface area contributed by atoms with Crippen molar-refractivity contribution in [2.24, 2.45) is 0 Å². The Hall–Kier alpha value is -2.34. The first-order valence-electron chi connectivity index (χ1n) is 6.53. The molecular weight excluding hydrogens is 274 g/mol. The SMILES string of the molecule is CCCOCC(=O)Nc1cc(/C=C/C(=O)O)ccc1OC. The molecule has 1 amide bonds. The van der Waals surface area contributed by atoms with Crippen LogP contribution in [-0.4, -0.2) is 37.3 Å². The number of rotatable bonds is 8. The maximum Gasteiger partial charge on any atom is 0.328 e. The lowest BCUT2D eigenvalue weighted by molar-refractivity contribution is -0.131. The van der Waals surface area contributed by atoms with E-state index in [0.29, 0.717) is 23.6 Å². The minimum atomic E-state index is -1.04. The number of amides is 1. The molecule has 1 rings (SSSR count). The first-order valence-corrected chi connectivity index (χ1v) is 6.53. The van der Waals surface area contributed by atoms with Crippen molar-refractivity contribution in [2.75, 3.05) is 25.6 Å². The normalized spacial score (nSPS) is 10.6. The van der Waals surface area contributed by atoms with E-state index in [1.807, 2.05) is 6.92 Å². The van der Waals surface area contributed by atoms with E-state index in [1.165, 1.54) is 13.2 Å². The van der Waals surface area contributed by atoms with Gasteiger partial charge in [0.2, 0.25) is 5.91 Å². The van der Waals surface area contributed by atoms with Crippen molar-refractivity contribution in [1.29, 1.82) is 0 Å². The number of carboxylic acid groups (broad SMARTS) is 1. The molecule has 0 saturated heterocycles. The molecule has 2 N–H and O–H groups in total. The average Bonchev–Trinajstić information content (AvgIpc) is 2.45. The van der Waals surface area contributed by atoms with Gasteiger partial charge in [-0.2, -0.15) is 0 Å². The zero-order valence-corrected chi connectivity index (χ0v) is 12.1. The number of methoxy groups -OCH3 is 1. The van der Waals surface area contributed by atoms with E-state index in [4.69, 9.17) is 14.6 Å². The summed E-state index contributed by atoms with van der Waals surface area (Å²) in [6, 6.07) is 4.99. The van der Waals surface area contributed by atoms with Gasteiger partial charge >= 0.3 is 5.97 Å². The summed E-state index contributed by atoms with van der Waals surface area (Å²) in [5.74, 6) is -0.836. The third-order valence-electron chi connectivity index (χ3n) is 2.50. The van der Waals surface area contributed by atoms with Gasteiger partial charge < -0.3 is 19.9 Å². The molecule has 0 fully saturated rings. The Morgan fingerprint density at radius 2 is 2.14 bits per heavy atom. The molecule has 21 heavy (non-hydrogen) atoms. The summed E-state index contributed by atoms with van der Waals surface area (Å²) in [6.07, 6.45) is 3.30. The number of hydrogen-bond donors (Lipinski definition) is 2. The third kappa shape index (κ3) is 6.09. The van der Waals surface area contributed by atoms with Crippen molar-refractivity contribution in [2.45, 2.75) is 13.3 Å². The maximum atomic E-state index is 11.7. The van der Waals surface area contributed by atoms with E-state index in [-0.39, 0.29) is 12.5 Å². The Bertz CT molecular complexity index is 525. The molecule has 6 heteroatoms. The number of benzene rings is 1. The van der Waals surface area contributed by atoms with E-state index in [9.17, 15) is 9.59 Å². The van der Waals surface area contributed by atoms with Crippen LogP contribution in [-0.2, 0) is 14.3 Å². The highest BCUT2D eigenvalue weighted by Gasteiger charge is 2.08. The van der Waals surface area contributed by atoms with Crippen LogP contribution in [0, 0.1) is 0 Å². The van der Waals surface area contributed by atoms with Crippen molar-refractivity contribution < 1.29 is 24.2 Å². The van der Waals surface area contributed by atoms with Crippen molar-refractivity contribution >= 4 is 23.6 Å². The fourth-order valence-electron chi connectivity index (χ4n) is 1.59. The highest BCUT2D eigenvalue weighted by Crippen LogP contribution is 2.26. The summed E-state index contributed by atoms with van der Waals surface area (Å²) in [6.45, 7) is 2.44. The second kappa shape index (κ2) is 8.76. The zero-order valence-electron chi connectivity index (χ0n) is 12.1. The van der Waals surface area contributed by atoms with Crippen LogP contribution in [0.1, 0.15) is 18.9 Å². The Labute approximate surface area is 123 Å². The van der Waals surface area contributed by atoms with Crippen molar-refractivity contribution in [1.82, 2.24) is 0 Å². The van der Waals surface area contributed by atoms with Crippen molar-refractivity contribution in [3.8, 4) is 5.75 Å². The standard InChI is InChI=1S/C15H19NO5/c1-3-8-21-10-14(17)16-12-9-11(5-7-15(18)19)4-6-13(12)20-2/h4-7,9H,3,8,10H2,1-2H3,(H,16,17)(H,18,19)/b7-5+. The van der Waals surface area contributed by atoms with Crippen LogP contribution in [0.15, 0.2) is 24.3 Å².